The second kappa shape index (κ2) is 6.02. The van der Waals surface area contributed by atoms with Crippen LogP contribution in [-0.2, 0) is 6.42 Å². The molecule has 1 saturated heterocycles. The van der Waals surface area contributed by atoms with E-state index >= 15 is 0 Å². The summed E-state index contributed by atoms with van der Waals surface area (Å²) < 4.78 is 0. The summed E-state index contributed by atoms with van der Waals surface area (Å²) in [6.45, 7) is 8.95. The lowest BCUT2D eigenvalue weighted by atomic mass is 10.0. The van der Waals surface area contributed by atoms with Crippen LogP contribution in [0.3, 0.4) is 0 Å². The van der Waals surface area contributed by atoms with E-state index in [4.69, 9.17) is 4.98 Å². The van der Waals surface area contributed by atoms with Gasteiger partial charge in [0.2, 0.25) is 0 Å². The normalized spacial score (nSPS) is 22.3. The predicted molar refractivity (Wildman–Crippen MR) is 97.3 cm³/mol. The first-order valence-corrected chi connectivity index (χ1v) is 9.73. The molecule has 0 radical (unpaired) electrons. The zero-order valence-corrected chi connectivity index (χ0v) is 15.1. The quantitative estimate of drug-likeness (QED) is 0.904. The molecule has 2 aromatic rings. The Morgan fingerprint density at radius 1 is 1.30 bits per heavy atom. The van der Waals surface area contributed by atoms with Crippen LogP contribution in [0.1, 0.15) is 44.5 Å². The third kappa shape index (κ3) is 3.22. The molecule has 1 unspecified atom stereocenters. The second-order valence-corrected chi connectivity index (χ2v) is 8.37. The van der Waals surface area contributed by atoms with Crippen molar-refractivity contribution in [2.75, 3.05) is 18.4 Å². The van der Waals surface area contributed by atoms with Crippen molar-refractivity contribution in [3.05, 3.63) is 16.8 Å². The van der Waals surface area contributed by atoms with Crippen LogP contribution in [0.15, 0.2) is 5.38 Å². The highest BCUT2D eigenvalue weighted by atomic mass is 32.1. The average Bonchev–Trinajstić information content (AvgIpc) is 3.11. The molecular formula is C18H26N4S. The van der Waals surface area contributed by atoms with E-state index in [0.717, 1.165) is 28.9 Å². The molecule has 1 N–H and O–H groups in total. The molecule has 1 aliphatic heterocycles. The lowest BCUT2D eigenvalue weighted by Crippen LogP contribution is -2.28. The molecule has 3 heterocycles. The highest BCUT2D eigenvalue weighted by Gasteiger charge is 2.34. The third-order valence-corrected chi connectivity index (χ3v) is 5.79. The number of nitrogens with one attached hydrogen (secondary N) is 1. The fourth-order valence-corrected chi connectivity index (χ4v) is 4.67. The summed E-state index contributed by atoms with van der Waals surface area (Å²) in [6.07, 6.45) is 5.12. The van der Waals surface area contributed by atoms with Crippen LogP contribution < -0.4 is 5.32 Å². The SMILES string of the molecule is Cc1nc(NC2CCN(C3CC3)C2)c2c(CC(C)C)csc2n1. The van der Waals surface area contributed by atoms with E-state index in [0.29, 0.717) is 12.0 Å². The molecule has 1 atom stereocenters. The highest BCUT2D eigenvalue weighted by molar-refractivity contribution is 7.17. The summed E-state index contributed by atoms with van der Waals surface area (Å²) >= 11 is 1.76. The van der Waals surface area contributed by atoms with Crippen molar-refractivity contribution in [2.24, 2.45) is 5.92 Å². The Balaban J connectivity index is 1.61. The molecule has 124 valence electrons. The van der Waals surface area contributed by atoms with Gasteiger partial charge in [-0.2, -0.15) is 0 Å². The number of fused-ring (bicyclic) bond motifs is 1. The molecule has 2 aromatic heterocycles. The summed E-state index contributed by atoms with van der Waals surface area (Å²) in [6, 6.07) is 1.39. The monoisotopic (exact) mass is 330 g/mol. The molecule has 4 rings (SSSR count). The number of likely N-dealkylation sites (tertiary alicyclic amines) is 1. The molecule has 1 aliphatic carbocycles. The molecule has 0 bridgehead atoms. The van der Waals surface area contributed by atoms with Crippen molar-refractivity contribution >= 4 is 27.4 Å². The Morgan fingerprint density at radius 3 is 2.87 bits per heavy atom. The predicted octanol–water partition coefficient (Wildman–Crippen LogP) is 3.85. The van der Waals surface area contributed by atoms with Gasteiger partial charge in [0.1, 0.15) is 16.5 Å². The van der Waals surface area contributed by atoms with Gasteiger partial charge >= 0.3 is 0 Å². The first kappa shape index (κ1) is 15.3. The lowest BCUT2D eigenvalue weighted by molar-refractivity contribution is 0.326. The molecule has 2 aliphatic rings. The van der Waals surface area contributed by atoms with E-state index in [1.165, 1.54) is 43.3 Å². The van der Waals surface area contributed by atoms with Crippen molar-refractivity contribution in [1.29, 1.82) is 0 Å². The van der Waals surface area contributed by atoms with Crippen molar-refractivity contribution in [3.63, 3.8) is 0 Å². The number of nitrogens with zero attached hydrogens (tertiary/aromatic N) is 3. The van der Waals surface area contributed by atoms with E-state index in [2.05, 4.69) is 34.4 Å². The van der Waals surface area contributed by atoms with Crippen molar-refractivity contribution < 1.29 is 0 Å². The number of anilines is 1. The standard InChI is InChI=1S/C18H26N4S/c1-11(2)8-13-10-23-18-16(13)17(19-12(3)20-18)21-14-6-7-22(9-14)15-4-5-15/h10-11,14-15H,4-9H2,1-3H3,(H,19,20,21). The summed E-state index contributed by atoms with van der Waals surface area (Å²) in [5.74, 6) is 2.58. The smallest absolute Gasteiger partial charge is 0.139 e. The van der Waals surface area contributed by atoms with Gasteiger partial charge in [-0.3, -0.25) is 4.90 Å². The van der Waals surface area contributed by atoms with E-state index < -0.39 is 0 Å². The zero-order chi connectivity index (χ0) is 16.0. The van der Waals surface area contributed by atoms with Gasteiger partial charge in [-0.15, -0.1) is 11.3 Å². The number of hydrogen-bond acceptors (Lipinski definition) is 5. The minimum absolute atomic E-state index is 0.528. The fourth-order valence-electron chi connectivity index (χ4n) is 3.67. The highest BCUT2D eigenvalue weighted by Crippen LogP contribution is 2.34. The number of aromatic nitrogens is 2. The maximum Gasteiger partial charge on any atom is 0.139 e. The Labute approximate surface area is 142 Å². The van der Waals surface area contributed by atoms with Gasteiger partial charge in [-0.05, 0) is 49.5 Å². The summed E-state index contributed by atoms with van der Waals surface area (Å²) in [4.78, 5) is 13.2. The molecule has 23 heavy (non-hydrogen) atoms. The molecule has 5 heteroatoms. The molecule has 4 nitrogen and oxygen atoms in total. The van der Waals surface area contributed by atoms with Gasteiger partial charge in [0.15, 0.2) is 0 Å². The molecule has 1 saturated carbocycles. The average molecular weight is 331 g/mol. The summed E-state index contributed by atoms with van der Waals surface area (Å²) in [5, 5.41) is 7.29. The molecule has 0 aromatic carbocycles. The molecular weight excluding hydrogens is 304 g/mol. The fraction of sp³-hybridized carbons (Fsp3) is 0.667. The minimum Gasteiger partial charge on any atom is -0.365 e. The van der Waals surface area contributed by atoms with E-state index in [1.807, 2.05) is 6.92 Å². The Kier molecular flexibility index (Phi) is 4.01. The van der Waals surface area contributed by atoms with Crippen molar-refractivity contribution in [2.45, 2.75) is 58.5 Å². The van der Waals surface area contributed by atoms with Crippen LogP contribution in [0.4, 0.5) is 5.82 Å². The first-order valence-electron chi connectivity index (χ1n) is 8.85. The maximum absolute atomic E-state index is 4.76. The van der Waals surface area contributed by atoms with Gasteiger partial charge in [-0.1, -0.05) is 13.8 Å². The lowest BCUT2D eigenvalue weighted by Gasteiger charge is -2.17. The molecule has 2 fully saturated rings. The largest absolute Gasteiger partial charge is 0.365 e. The van der Waals surface area contributed by atoms with Crippen molar-refractivity contribution in [1.82, 2.24) is 14.9 Å². The van der Waals surface area contributed by atoms with Crippen LogP contribution in [0.5, 0.6) is 0 Å². The Bertz CT molecular complexity index is 704. The number of thiophene rings is 1. The summed E-state index contributed by atoms with van der Waals surface area (Å²) in [5.41, 5.74) is 1.40. The molecule has 0 spiro atoms. The minimum atomic E-state index is 0.528. The Hall–Kier alpha value is -1.20. The van der Waals surface area contributed by atoms with Crippen LogP contribution in [0.25, 0.3) is 10.2 Å². The summed E-state index contributed by atoms with van der Waals surface area (Å²) in [7, 11) is 0. The van der Waals surface area contributed by atoms with Crippen molar-refractivity contribution in [3.8, 4) is 0 Å². The van der Waals surface area contributed by atoms with Gasteiger partial charge < -0.3 is 5.32 Å². The topological polar surface area (TPSA) is 41.1 Å². The van der Waals surface area contributed by atoms with E-state index in [-0.39, 0.29) is 0 Å². The van der Waals surface area contributed by atoms with Crippen LogP contribution in [0.2, 0.25) is 0 Å². The number of hydrogen-bond donors (Lipinski definition) is 1. The molecule has 0 amide bonds. The van der Waals surface area contributed by atoms with Crippen LogP contribution >= 0.6 is 11.3 Å². The van der Waals surface area contributed by atoms with Crippen LogP contribution in [0, 0.1) is 12.8 Å². The van der Waals surface area contributed by atoms with Crippen LogP contribution in [-0.4, -0.2) is 40.0 Å². The zero-order valence-electron chi connectivity index (χ0n) is 14.3. The third-order valence-electron chi connectivity index (χ3n) is 4.87. The van der Waals surface area contributed by atoms with Gasteiger partial charge in [0.25, 0.3) is 0 Å². The van der Waals surface area contributed by atoms with Gasteiger partial charge in [0, 0.05) is 25.2 Å². The van der Waals surface area contributed by atoms with Gasteiger partial charge in [0.05, 0.1) is 5.39 Å². The number of rotatable bonds is 5. The second-order valence-electron chi connectivity index (χ2n) is 7.51. The first-order chi connectivity index (χ1) is 11.1. The van der Waals surface area contributed by atoms with E-state index in [9.17, 15) is 0 Å². The number of aryl methyl sites for hydroxylation is 1. The van der Waals surface area contributed by atoms with E-state index in [1.54, 1.807) is 11.3 Å². The maximum atomic E-state index is 4.76. The Morgan fingerprint density at radius 2 is 2.13 bits per heavy atom. The van der Waals surface area contributed by atoms with Gasteiger partial charge in [-0.25, -0.2) is 9.97 Å².